The summed E-state index contributed by atoms with van der Waals surface area (Å²) in [5.41, 5.74) is 8.26. The van der Waals surface area contributed by atoms with E-state index in [0.717, 1.165) is 5.56 Å². The number of carbonyl (C=O) groups excluding carboxylic acids is 1. The fourth-order valence-corrected chi connectivity index (χ4v) is 2.07. The van der Waals surface area contributed by atoms with Crippen LogP contribution in [0.1, 0.15) is 15.9 Å². The van der Waals surface area contributed by atoms with E-state index in [4.69, 9.17) is 15.2 Å². The van der Waals surface area contributed by atoms with Crippen molar-refractivity contribution in [3.8, 4) is 5.75 Å². The third kappa shape index (κ3) is 5.39. The van der Waals surface area contributed by atoms with Gasteiger partial charge in [0.1, 0.15) is 19.0 Å². The molecule has 2 aromatic rings. The molecule has 4 nitrogen and oxygen atoms in total. The minimum atomic E-state index is -0.518. The van der Waals surface area contributed by atoms with Crippen molar-refractivity contribution in [2.45, 2.75) is 6.61 Å². The number of allylic oxidation sites excluding steroid dienone is 2. The number of hydrogen-bond donors (Lipinski definition) is 1. The highest BCUT2D eigenvalue weighted by molar-refractivity contribution is 5.96. The fourth-order valence-electron chi connectivity index (χ4n) is 2.07. The monoisotopic (exact) mass is 335 g/mol. The van der Waals surface area contributed by atoms with E-state index >= 15 is 0 Å². The van der Waals surface area contributed by atoms with E-state index in [0.29, 0.717) is 17.9 Å². The minimum Gasteiger partial charge on any atom is -0.487 e. The van der Waals surface area contributed by atoms with Crippen molar-refractivity contribution in [1.82, 2.24) is 0 Å². The van der Waals surface area contributed by atoms with Crippen LogP contribution < -0.4 is 10.5 Å². The molecule has 4 heteroatoms. The van der Waals surface area contributed by atoms with Gasteiger partial charge in [0, 0.05) is 0 Å². The SMILES string of the molecule is C=CC=CC(=C)COC(=O)c1cccc(OCc2ccccc2)c1N. The molecule has 0 aliphatic heterocycles. The van der Waals surface area contributed by atoms with Crippen molar-refractivity contribution in [2.75, 3.05) is 12.3 Å². The normalized spacial score (nSPS) is 10.4. The number of benzene rings is 2. The molecule has 2 rings (SSSR count). The molecule has 0 aliphatic rings. The lowest BCUT2D eigenvalue weighted by molar-refractivity contribution is 0.0544. The van der Waals surface area contributed by atoms with Gasteiger partial charge >= 0.3 is 5.97 Å². The molecule has 2 aromatic carbocycles. The zero-order chi connectivity index (χ0) is 18.1. The fraction of sp³-hybridized carbons (Fsp3) is 0.0952. The quantitative estimate of drug-likeness (QED) is 0.444. The molecule has 0 fully saturated rings. The number of carbonyl (C=O) groups is 1. The molecule has 0 spiro atoms. The van der Waals surface area contributed by atoms with Gasteiger partial charge in [0.2, 0.25) is 0 Å². The Balaban J connectivity index is 2.01. The second-order valence-electron chi connectivity index (χ2n) is 5.32. The summed E-state index contributed by atoms with van der Waals surface area (Å²) in [6.07, 6.45) is 5.07. The molecular formula is C21H21NO3. The number of nitrogens with two attached hydrogens (primary N) is 1. The highest BCUT2D eigenvalue weighted by atomic mass is 16.5. The van der Waals surface area contributed by atoms with Crippen LogP contribution in [0.5, 0.6) is 5.75 Å². The van der Waals surface area contributed by atoms with Crippen molar-refractivity contribution < 1.29 is 14.3 Å². The summed E-state index contributed by atoms with van der Waals surface area (Å²) < 4.78 is 10.9. The lowest BCUT2D eigenvalue weighted by Gasteiger charge is -2.12. The minimum absolute atomic E-state index is 0.0811. The van der Waals surface area contributed by atoms with Crippen LogP contribution in [0.25, 0.3) is 0 Å². The van der Waals surface area contributed by atoms with Crippen LogP contribution in [-0.4, -0.2) is 12.6 Å². The number of ether oxygens (including phenoxy) is 2. The maximum absolute atomic E-state index is 12.2. The number of anilines is 1. The van der Waals surface area contributed by atoms with Crippen molar-refractivity contribution in [3.63, 3.8) is 0 Å². The first-order valence-electron chi connectivity index (χ1n) is 7.81. The number of nitrogen functional groups attached to an aromatic ring is 1. The Labute approximate surface area is 147 Å². The average molecular weight is 335 g/mol. The third-order valence-electron chi connectivity index (χ3n) is 3.38. The van der Waals surface area contributed by atoms with Crippen molar-refractivity contribution >= 4 is 11.7 Å². The summed E-state index contributed by atoms with van der Waals surface area (Å²) in [7, 11) is 0. The van der Waals surface area contributed by atoms with Gasteiger partial charge in [-0.15, -0.1) is 0 Å². The highest BCUT2D eigenvalue weighted by Gasteiger charge is 2.15. The highest BCUT2D eigenvalue weighted by Crippen LogP contribution is 2.26. The lowest BCUT2D eigenvalue weighted by atomic mass is 10.1. The predicted octanol–water partition coefficient (Wildman–Crippen LogP) is 4.30. The molecule has 0 radical (unpaired) electrons. The van der Waals surface area contributed by atoms with E-state index in [9.17, 15) is 4.79 Å². The molecule has 0 aromatic heterocycles. The number of para-hydroxylation sites is 1. The number of esters is 1. The molecular weight excluding hydrogens is 314 g/mol. The van der Waals surface area contributed by atoms with Crippen LogP contribution in [0.3, 0.4) is 0 Å². The van der Waals surface area contributed by atoms with Crippen molar-refractivity contribution in [3.05, 3.63) is 96.6 Å². The molecule has 0 saturated carbocycles. The standard InChI is InChI=1S/C21H21NO3/c1-3-4-9-16(2)14-25-21(23)18-12-8-13-19(20(18)22)24-15-17-10-6-5-7-11-17/h3-13H,1-2,14-15,22H2. The second-order valence-corrected chi connectivity index (χ2v) is 5.32. The summed E-state index contributed by atoms with van der Waals surface area (Å²) in [5.74, 6) is -0.0699. The molecule has 2 N–H and O–H groups in total. The maximum atomic E-state index is 12.2. The molecule has 0 unspecified atom stereocenters. The smallest absolute Gasteiger partial charge is 0.340 e. The summed E-state index contributed by atoms with van der Waals surface area (Å²) >= 11 is 0. The molecule has 25 heavy (non-hydrogen) atoms. The largest absolute Gasteiger partial charge is 0.487 e. The lowest BCUT2D eigenvalue weighted by Crippen LogP contribution is -2.11. The van der Waals surface area contributed by atoms with Gasteiger partial charge in [-0.2, -0.15) is 0 Å². The zero-order valence-corrected chi connectivity index (χ0v) is 14.0. The van der Waals surface area contributed by atoms with Gasteiger partial charge in [0.05, 0.1) is 11.3 Å². The van der Waals surface area contributed by atoms with Crippen LogP contribution in [-0.2, 0) is 11.3 Å². The molecule has 0 bridgehead atoms. The van der Waals surface area contributed by atoms with Gasteiger partial charge in [-0.25, -0.2) is 4.79 Å². The summed E-state index contributed by atoms with van der Waals surface area (Å²) in [4.78, 5) is 12.2. The van der Waals surface area contributed by atoms with Crippen LogP contribution >= 0.6 is 0 Å². The maximum Gasteiger partial charge on any atom is 0.340 e. The predicted molar refractivity (Wildman–Crippen MR) is 100 cm³/mol. The zero-order valence-electron chi connectivity index (χ0n) is 14.0. The molecule has 0 aliphatic carbocycles. The Kier molecular flexibility index (Phi) is 6.60. The average Bonchev–Trinajstić information content (AvgIpc) is 2.64. The first-order valence-corrected chi connectivity index (χ1v) is 7.81. The van der Waals surface area contributed by atoms with Gasteiger partial charge < -0.3 is 15.2 Å². The van der Waals surface area contributed by atoms with E-state index in [1.54, 1.807) is 36.4 Å². The van der Waals surface area contributed by atoms with Gasteiger partial charge in [0.25, 0.3) is 0 Å². The molecule has 0 amide bonds. The van der Waals surface area contributed by atoms with E-state index in [1.165, 1.54) is 0 Å². The Bertz CT molecular complexity index is 779. The first kappa shape index (κ1) is 18.1. The molecule has 128 valence electrons. The van der Waals surface area contributed by atoms with Crippen LogP contribution in [0.15, 0.2) is 85.5 Å². The Morgan fingerprint density at radius 1 is 1.12 bits per heavy atom. The molecule has 0 saturated heterocycles. The number of rotatable bonds is 8. The van der Waals surface area contributed by atoms with E-state index < -0.39 is 5.97 Å². The van der Waals surface area contributed by atoms with Crippen molar-refractivity contribution in [2.24, 2.45) is 0 Å². The third-order valence-corrected chi connectivity index (χ3v) is 3.38. The van der Waals surface area contributed by atoms with Gasteiger partial charge in [-0.05, 0) is 23.3 Å². The Morgan fingerprint density at radius 2 is 1.88 bits per heavy atom. The topological polar surface area (TPSA) is 61.5 Å². The van der Waals surface area contributed by atoms with Crippen LogP contribution in [0.4, 0.5) is 5.69 Å². The molecule has 0 heterocycles. The summed E-state index contributed by atoms with van der Waals surface area (Å²) in [6, 6.07) is 14.8. The van der Waals surface area contributed by atoms with Gasteiger partial charge in [-0.3, -0.25) is 0 Å². The summed E-state index contributed by atoms with van der Waals surface area (Å²) in [6.45, 7) is 7.81. The first-order chi connectivity index (χ1) is 12.1. The van der Waals surface area contributed by atoms with Crippen LogP contribution in [0, 0.1) is 0 Å². The second kappa shape index (κ2) is 9.13. The van der Waals surface area contributed by atoms with Crippen molar-refractivity contribution in [1.29, 1.82) is 0 Å². The molecule has 0 atom stereocenters. The van der Waals surface area contributed by atoms with E-state index in [2.05, 4.69) is 13.2 Å². The summed E-state index contributed by atoms with van der Waals surface area (Å²) in [5, 5.41) is 0. The van der Waals surface area contributed by atoms with Gasteiger partial charge in [-0.1, -0.05) is 67.8 Å². The van der Waals surface area contributed by atoms with E-state index in [1.807, 2.05) is 30.3 Å². The van der Waals surface area contributed by atoms with Crippen LogP contribution in [0.2, 0.25) is 0 Å². The number of hydrogen-bond acceptors (Lipinski definition) is 4. The van der Waals surface area contributed by atoms with Gasteiger partial charge in [0.15, 0.2) is 0 Å². The van der Waals surface area contributed by atoms with E-state index in [-0.39, 0.29) is 17.9 Å². The Hall–Kier alpha value is -3.27. The Morgan fingerprint density at radius 3 is 2.60 bits per heavy atom.